The molecule has 1 aliphatic carbocycles. The molecular formula is C16H24N2O2S. The molecule has 1 saturated heterocycles. The molecule has 1 amide bonds. The van der Waals surface area contributed by atoms with Crippen LogP contribution in [-0.2, 0) is 16.1 Å². The summed E-state index contributed by atoms with van der Waals surface area (Å²) < 4.78 is 5.74. The summed E-state index contributed by atoms with van der Waals surface area (Å²) in [4.78, 5) is 17.9. The average Bonchev–Trinajstić information content (AvgIpc) is 2.95. The normalized spacial score (nSPS) is 21.9. The van der Waals surface area contributed by atoms with Gasteiger partial charge in [-0.1, -0.05) is 6.07 Å². The fourth-order valence-electron chi connectivity index (χ4n) is 2.85. The van der Waals surface area contributed by atoms with E-state index in [0.29, 0.717) is 18.7 Å². The van der Waals surface area contributed by atoms with E-state index in [1.165, 1.54) is 17.7 Å². The van der Waals surface area contributed by atoms with E-state index in [0.717, 1.165) is 32.5 Å². The third-order valence-corrected chi connectivity index (χ3v) is 5.15. The molecule has 1 aromatic rings. The Labute approximate surface area is 130 Å². The van der Waals surface area contributed by atoms with E-state index in [4.69, 9.17) is 4.74 Å². The molecule has 0 spiro atoms. The number of rotatable bonds is 7. The largest absolute Gasteiger partial charge is 0.377 e. The molecule has 4 nitrogen and oxygen atoms in total. The summed E-state index contributed by atoms with van der Waals surface area (Å²) in [5, 5.41) is 2.09. The van der Waals surface area contributed by atoms with Gasteiger partial charge in [-0.2, -0.15) is 0 Å². The molecule has 2 fully saturated rings. The number of hydrogen-bond donors (Lipinski definition) is 0. The smallest absolute Gasteiger partial charge is 0.236 e. The van der Waals surface area contributed by atoms with Crippen LogP contribution in [0.15, 0.2) is 17.5 Å². The lowest BCUT2D eigenvalue weighted by Gasteiger charge is -2.26. The molecule has 1 aliphatic heterocycles. The summed E-state index contributed by atoms with van der Waals surface area (Å²) >= 11 is 1.76. The van der Waals surface area contributed by atoms with Crippen LogP contribution < -0.4 is 0 Å². The Morgan fingerprint density at radius 2 is 2.29 bits per heavy atom. The number of hydrogen-bond acceptors (Lipinski definition) is 4. The van der Waals surface area contributed by atoms with Crippen molar-refractivity contribution in [1.82, 2.24) is 9.80 Å². The second-order valence-corrected chi connectivity index (χ2v) is 7.15. The molecule has 1 saturated carbocycles. The average molecular weight is 308 g/mol. The van der Waals surface area contributed by atoms with Crippen molar-refractivity contribution in [3.63, 3.8) is 0 Å². The maximum Gasteiger partial charge on any atom is 0.236 e. The van der Waals surface area contributed by atoms with Crippen LogP contribution in [0.25, 0.3) is 0 Å². The van der Waals surface area contributed by atoms with Crippen LogP contribution in [0.1, 0.15) is 30.6 Å². The number of carbonyl (C=O) groups is 1. The molecule has 116 valence electrons. The van der Waals surface area contributed by atoms with Gasteiger partial charge in [-0.3, -0.25) is 9.69 Å². The highest BCUT2D eigenvalue weighted by Crippen LogP contribution is 2.25. The van der Waals surface area contributed by atoms with Crippen LogP contribution in [-0.4, -0.2) is 54.6 Å². The zero-order valence-electron chi connectivity index (χ0n) is 12.7. The first kappa shape index (κ1) is 15.0. The van der Waals surface area contributed by atoms with Gasteiger partial charge in [-0.15, -0.1) is 11.3 Å². The van der Waals surface area contributed by atoms with Crippen LogP contribution in [0.3, 0.4) is 0 Å². The van der Waals surface area contributed by atoms with E-state index in [-0.39, 0.29) is 5.91 Å². The predicted octanol–water partition coefficient (Wildman–Crippen LogP) is 2.35. The van der Waals surface area contributed by atoms with Gasteiger partial charge < -0.3 is 9.64 Å². The number of amides is 1. The summed E-state index contributed by atoms with van der Waals surface area (Å²) in [5.41, 5.74) is 0. The summed E-state index contributed by atoms with van der Waals surface area (Å²) in [7, 11) is 1.94. The first-order valence-corrected chi connectivity index (χ1v) is 8.72. The summed E-state index contributed by atoms with van der Waals surface area (Å²) in [6.07, 6.45) is 4.89. The van der Waals surface area contributed by atoms with E-state index in [1.54, 1.807) is 11.3 Å². The molecule has 2 heterocycles. The maximum atomic E-state index is 12.4. The van der Waals surface area contributed by atoms with E-state index in [1.807, 2.05) is 11.9 Å². The third kappa shape index (κ3) is 4.28. The van der Waals surface area contributed by atoms with E-state index in [9.17, 15) is 4.79 Å². The molecule has 2 aliphatic rings. The van der Waals surface area contributed by atoms with Gasteiger partial charge in [0, 0.05) is 37.7 Å². The number of thiophene rings is 1. The lowest BCUT2D eigenvalue weighted by molar-refractivity contribution is -0.132. The molecule has 0 aromatic carbocycles. The maximum absolute atomic E-state index is 12.4. The van der Waals surface area contributed by atoms with Crippen molar-refractivity contribution < 1.29 is 9.53 Å². The molecule has 5 heteroatoms. The fourth-order valence-corrected chi connectivity index (χ4v) is 3.60. The van der Waals surface area contributed by atoms with Crippen LogP contribution in [0.2, 0.25) is 0 Å². The highest BCUT2D eigenvalue weighted by Gasteiger charge is 2.30. The number of nitrogens with zero attached hydrogens (tertiary/aromatic N) is 2. The first-order chi connectivity index (χ1) is 10.2. The molecule has 3 rings (SSSR count). The Kier molecular flexibility index (Phi) is 4.93. The van der Waals surface area contributed by atoms with Crippen LogP contribution in [0.5, 0.6) is 0 Å². The Morgan fingerprint density at radius 3 is 2.90 bits per heavy atom. The van der Waals surface area contributed by atoms with Gasteiger partial charge >= 0.3 is 0 Å². The third-order valence-electron chi connectivity index (χ3n) is 4.29. The first-order valence-electron chi connectivity index (χ1n) is 7.84. The summed E-state index contributed by atoms with van der Waals surface area (Å²) in [5.74, 6) is 0.243. The van der Waals surface area contributed by atoms with Crippen molar-refractivity contribution in [3.05, 3.63) is 22.4 Å². The van der Waals surface area contributed by atoms with Crippen LogP contribution in [0, 0.1) is 0 Å². The van der Waals surface area contributed by atoms with Gasteiger partial charge in [-0.05, 0) is 37.1 Å². The summed E-state index contributed by atoms with van der Waals surface area (Å²) in [6, 6.07) is 4.70. The van der Waals surface area contributed by atoms with Crippen molar-refractivity contribution in [1.29, 1.82) is 0 Å². The SMILES string of the molecule is CN(C(=O)CN(Cc1cccs1)CC1CCCO1)C1CC1. The Hall–Kier alpha value is -0.910. The zero-order valence-corrected chi connectivity index (χ0v) is 13.5. The molecule has 1 atom stereocenters. The zero-order chi connectivity index (χ0) is 14.7. The Balaban J connectivity index is 1.58. The van der Waals surface area contributed by atoms with E-state index in [2.05, 4.69) is 22.4 Å². The molecule has 1 aromatic heterocycles. The van der Waals surface area contributed by atoms with Gasteiger partial charge in [0.05, 0.1) is 12.6 Å². The van der Waals surface area contributed by atoms with E-state index >= 15 is 0 Å². The quantitative estimate of drug-likeness (QED) is 0.775. The van der Waals surface area contributed by atoms with Crippen molar-refractivity contribution >= 4 is 17.2 Å². The standard InChI is InChI=1S/C16H24N2O2S/c1-17(13-6-7-13)16(19)12-18(10-14-4-2-8-20-14)11-15-5-3-9-21-15/h3,5,9,13-14H,2,4,6-8,10-12H2,1H3. The topological polar surface area (TPSA) is 32.8 Å². The lowest BCUT2D eigenvalue weighted by atomic mass is 10.2. The molecule has 0 N–H and O–H groups in total. The van der Waals surface area contributed by atoms with Crippen molar-refractivity contribution in [2.24, 2.45) is 0 Å². The monoisotopic (exact) mass is 308 g/mol. The Morgan fingerprint density at radius 1 is 1.43 bits per heavy atom. The highest BCUT2D eigenvalue weighted by molar-refractivity contribution is 7.09. The minimum atomic E-state index is 0.243. The van der Waals surface area contributed by atoms with Gasteiger partial charge in [0.2, 0.25) is 5.91 Å². The minimum absolute atomic E-state index is 0.243. The van der Waals surface area contributed by atoms with Gasteiger partial charge in [0.15, 0.2) is 0 Å². The van der Waals surface area contributed by atoms with Gasteiger partial charge in [0.25, 0.3) is 0 Å². The molecule has 21 heavy (non-hydrogen) atoms. The highest BCUT2D eigenvalue weighted by atomic mass is 32.1. The minimum Gasteiger partial charge on any atom is -0.377 e. The van der Waals surface area contributed by atoms with Crippen molar-refractivity contribution in [3.8, 4) is 0 Å². The molecule has 0 radical (unpaired) electrons. The van der Waals surface area contributed by atoms with Crippen molar-refractivity contribution in [2.75, 3.05) is 26.7 Å². The number of carbonyl (C=O) groups excluding carboxylic acids is 1. The molecule has 1 unspecified atom stereocenters. The fraction of sp³-hybridized carbons (Fsp3) is 0.688. The summed E-state index contributed by atoms with van der Waals surface area (Å²) in [6.45, 7) is 3.09. The molecule has 0 bridgehead atoms. The van der Waals surface area contributed by atoms with Crippen LogP contribution in [0.4, 0.5) is 0 Å². The lowest BCUT2D eigenvalue weighted by Crippen LogP contribution is -2.41. The Bertz CT molecular complexity index is 453. The van der Waals surface area contributed by atoms with Crippen LogP contribution >= 0.6 is 11.3 Å². The van der Waals surface area contributed by atoms with Gasteiger partial charge in [0.1, 0.15) is 0 Å². The second kappa shape index (κ2) is 6.90. The number of ether oxygens (including phenoxy) is 1. The second-order valence-electron chi connectivity index (χ2n) is 6.12. The van der Waals surface area contributed by atoms with E-state index < -0.39 is 0 Å². The molecular weight excluding hydrogens is 284 g/mol. The number of likely N-dealkylation sites (N-methyl/N-ethyl adjacent to an activating group) is 1. The van der Waals surface area contributed by atoms with Gasteiger partial charge in [-0.25, -0.2) is 0 Å². The van der Waals surface area contributed by atoms with Crippen molar-refractivity contribution in [2.45, 2.75) is 44.4 Å². The predicted molar refractivity (Wildman–Crippen MR) is 84.4 cm³/mol.